The molecule has 10 rings (SSSR count). The minimum Gasteiger partial charge on any atom is -0.453 e. The smallest absolute Gasteiger partial charge is 0.407 e. The van der Waals surface area contributed by atoms with Gasteiger partial charge in [-0.2, -0.15) is 0 Å². The standard InChI is InChI=1S/C49H54ClN7O7/c1-25(2)41(53-48(60)62-3)46(58)57-38-21-34(38)23-40(57)45-52-42(44(50)55-45)27-7-5-26(6-8-27)29-9-10-31-18-32(12-11-30(31)17-29)35-19-36(51-24-35)39-22-33-20-37(33)56(39)47(59)43(54-49(61)63-4)28-13-15-64-16-14-28/h5-12,17-18,24-25,28,33-34,37-41,43H,13-16,19-23H2,1-4H3,(H,52,55)(H,53,60)(H,54,61)/t33-,34-,37-,38-,39?,40+,41+,43+/m1/s1. The summed E-state index contributed by atoms with van der Waals surface area (Å²) in [6, 6.07) is 19.8. The first-order chi connectivity index (χ1) is 31.0. The van der Waals surface area contributed by atoms with Crippen LogP contribution < -0.4 is 10.6 Å². The molecular formula is C49H54ClN7O7. The average molecular weight is 888 g/mol. The lowest BCUT2D eigenvalue weighted by atomic mass is 9.90. The highest BCUT2D eigenvalue weighted by Gasteiger charge is 2.58. The minimum absolute atomic E-state index is 0.00568. The maximum absolute atomic E-state index is 14.3. The van der Waals surface area contributed by atoms with Crippen molar-refractivity contribution in [3.63, 3.8) is 0 Å². The van der Waals surface area contributed by atoms with Crippen LogP contribution in [0.4, 0.5) is 9.59 Å². The Balaban J connectivity index is 0.806. The molecule has 3 N–H and O–H groups in total. The predicted octanol–water partition coefficient (Wildman–Crippen LogP) is 7.92. The monoisotopic (exact) mass is 887 g/mol. The SMILES string of the molecule is COC(=O)N[C@H](C(=O)N1[C@@H]2C[C@@H]2C[C@H]1c1nc(-c2ccc(-c3ccc4cc(C5=CN=C(C6C[C@H]7C[C@H]7N6C(=O)[C@@H](NC(=O)OC)C6CCOCC6)C5)ccc4c3)cc2)c(Cl)[nH]1)C(C)C. The van der Waals surface area contributed by atoms with Crippen molar-refractivity contribution >= 4 is 57.7 Å². The van der Waals surface area contributed by atoms with Crippen LogP contribution in [0.5, 0.6) is 0 Å². The quantitative estimate of drug-likeness (QED) is 0.137. The summed E-state index contributed by atoms with van der Waals surface area (Å²) in [6.45, 7) is 4.97. The number of imidazole rings is 1. The molecule has 1 aromatic heterocycles. The molecule has 5 heterocycles. The molecule has 4 amide bonds. The van der Waals surface area contributed by atoms with Gasteiger partial charge in [-0.1, -0.05) is 74.0 Å². The lowest BCUT2D eigenvalue weighted by molar-refractivity contribution is -0.137. The molecule has 0 spiro atoms. The van der Waals surface area contributed by atoms with Crippen molar-refractivity contribution in [3.8, 4) is 22.4 Å². The number of nitrogens with one attached hydrogen (secondary N) is 3. The van der Waals surface area contributed by atoms with Crippen molar-refractivity contribution in [1.29, 1.82) is 0 Å². The van der Waals surface area contributed by atoms with Gasteiger partial charge >= 0.3 is 12.2 Å². The first-order valence-electron chi connectivity index (χ1n) is 22.6. The predicted molar refractivity (Wildman–Crippen MR) is 242 cm³/mol. The molecule has 15 heteroatoms. The van der Waals surface area contributed by atoms with Crippen LogP contribution in [0, 0.1) is 23.7 Å². The Kier molecular flexibility index (Phi) is 11.2. The fourth-order valence-corrected chi connectivity index (χ4v) is 11.0. The van der Waals surface area contributed by atoms with Crippen LogP contribution in [0.25, 0.3) is 38.7 Å². The number of hydrogen-bond donors (Lipinski definition) is 3. The molecule has 3 saturated heterocycles. The van der Waals surface area contributed by atoms with Gasteiger partial charge in [0.2, 0.25) is 11.8 Å². The average Bonchev–Trinajstić information content (AvgIpc) is 3.96. The molecule has 0 radical (unpaired) electrons. The third-order valence-electron chi connectivity index (χ3n) is 14.4. The molecule has 1 unspecified atom stereocenters. The van der Waals surface area contributed by atoms with Crippen LogP contribution in [0.1, 0.15) is 76.2 Å². The van der Waals surface area contributed by atoms with E-state index in [2.05, 4.69) is 64.1 Å². The zero-order valence-corrected chi connectivity index (χ0v) is 37.3. The van der Waals surface area contributed by atoms with Crippen molar-refractivity contribution in [3.05, 3.63) is 83.4 Å². The Morgan fingerprint density at radius 1 is 0.766 bits per heavy atom. The number of carbonyl (C=O) groups excluding carboxylic acids is 4. The molecule has 6 aliphatic rings. The number of H-pyrrole nitrogens is 1. The number of hydrogen-bond acceptors (Lipinski definition) is 9. The van der Waals surface area contributed by atoms with Crippen LogP contribution in [-0.4, -0.2) is 107 Å². The van der Waals surface area contributed by atoms with E-state index in [1.54, 1.807) is 0 Å². The van der Waals surface area contributed by atoms with E-state index < -0.39 is 24.3 Å². The van der Waals surface area contributed by atoms with Crippen LogP contribution >= 0.6 is 11.6 Å². The number of piperidine rings is 2. The normalized spacial score (nSPS) is 25.6. The molecule has 8 atom stereocenters. The summed E-state index contributed by atoms with van der Waals surface area (Å²) in [6.07, 6.45) is 6.46. The maximum atomic E-state index is 14.3. The Morgan fingerprint density at radius 3 is 2.03 bits per heavy atom. The number of fused-ring (bicyclic) bond motifs is 3. The highest BCUT2D eigenvalue weighted by Crippen LogP contribution is 2.54. The molecule has 64 heavy (non-hydrogen) atoms. The van der Waals surface area contributed by atoms with E-state index >= 15 is 0 Å². The van der Waals surface area contributed by atoms with Gasteiger partial charge in [0.1, 0.15) is 28.8 Å². The molecule has 5 fully saturated rings. The largest absolute Gasteiger partial charge is 0.453 e. The van der Waals surface area contributed by atoms with Crippen molar-refractivity contribution in [2.45, 2.75) is 95.0 Å². The van der Waals surface area contributed by atoms with E-state index in [1.165, 1.54) is 14.2 Å². The molecule has 3 aromatic carbocycles. The Hall–Kier alpha value is -5.73. The first-order valence-corrected chi connectivity index (χ1v) is 22.9. The first kappa shape index (κ1) is 42.2. The summed E-state index contributed by atoms with van der Waals surface area (Å²) in [5.74, 6) is 1.21. The topological polar surface area (TPSA) is 168 Å². The number of carbonyl (C=O) groups is 4. The fraction of sp³-hybridized carbons (Fsp3) is 0.469. The molecule has 2 saturated carbocycles. The number of rotatable bonds is 11. The Labute approximate surface area is 377 Å². The van der Waals surface area contributed by atoms with Crippen molar-refractivity contribution in [2.75, 3.05) is 27.4 Å². The third-order valence-corrected chi connectivity index (χ3v) is 14.7. The van der Waals surface area contributed by atoms with Gasteiger partial charge in [0.15, 0.2) is 0 Å². The molecule has 14 nitrogen and oxygen atoms in total. The van der Waals surface area contributed by atoms with Gasteiger partial charge in [0.25, 0.3) is 0 Å². The van der Waals surface area contributed by atoms with Crippen LogP contribution in [0.3, 0.4) is 0 Å². The van der Waals surface area contributed by atoms with E-state index in [0.717, 1.165) is 70.0 Å². The van der Waals surface area contributed by atoms with Gasteiger partial charge in [-0.3, -0.25) is 14.6 Å². The minimum atomic E-state index is -0.712. The van der Waals surface area contributed by atoms with Gasteiger partial charge < -0.3 is 39.6 Å². The van der Waals surface area contributed by atoms with E-state index in [0.29, 0.717) is 61.0 Å². The van der Waals surface area contributed by atoms with E-state index in [-0.39, 0.29) is 47.8 Å². The maximum Gasteiger partial charge on any atom is 0.407 e. The number of nitrogens with zero attached hydrogens (tertiary/aromatic N) is 4. The fourth-order valence-electron chi connectivity index (χ4n) is 10.7. The number of alkyl carbamates (subject to hydrolysis) is 2. The van der Waals surface area contributed by atoms with Crippen molar-refractivity contribution < 1.29 is 33.4 Å². The molecular weight excluding hydrogens is 834 g/mol. The number of likely N-dealkylation sites (tertiary alicyclic amines) is 2. The van der Waals surface area contributed by atoms with Gasteiger partial charge in [-0.15, -0.1) is 0 Å². The second-order valence-electron chi connectivity index (χ2n) is 18.6. The van der Waals surface area contributed by atoms with E-state index in [9.17, 15) is 19.2 Å². The second-order valence-corrected chi connectivity index (χ2v) is 19.0. The second kappa shape index (κ2) is 17.0. The number of aliphatic imine (C=N–C) groups is 1. The van der Waals surface area contributed by atoms with Crippen LogP contribution in [0.2, 0.25) is 5.15 Å². The summed E-state index contributed by atoms with van der Waals surface area (Å²) in [7, 11) is 2.62. The van der Waals surface area contributed by atoms with Crippen LogP contribution in [0.15, 0.2) is 71.9 Å². The third kappa shape index (κ3) is 7.93. The zero-order chi connectivity index (χ0) is 44.4. The van der Waals surface area contributed by atoms with Crippen molar-refractivity contribution in [2.24, 2.45) is 28.7 Å². The number of benzene rings is 3. The highest BCUT2D eigenvalue weighted by atomic mass is 35.5. The van der Waals surface area contributed by atoms with Crippen molar-refractivity contribution in [1.82, 2.24) is 30.4 Å². The molecule has 2 aliphatic carbocycles. The summed E-state index contributed by atoms with van der Waals surface area (Å²) in [4.78, 5) is 69.7. The number of halogens is 1. The van der Waals surface area contributed by atoms with Gasteiger partial charge in [-0.05, 0) is 107 Å². The van der Waals surface area contributed by atoms with Gasteiger partial charge in [0, 0.05) is 49.2 Å². The highest BCUT2D eigenvalue weighted by molar-refractivity contribution is 6.32. The summed E-state index contributed by atoms with van der Waals surface area (Å²) in [5.41, 5.74) is 6.85. The number of aromatic nitrogens is 2. The number of allylic oxidation sites excluding steroid dienone is 1. The lowest BCUT2D eigenvalue weighted by Crippen LogP contribution is -2.56. The molecule has 4 aliphatic heterocycles. The van der Waals surface area contributed by atoms with Gasteiger partial charge in [0.05, 0.1) is 26.3 Å². The number of amides is 4. The van der Waals surface area contributed by atoms with E-state index in [4.69, 9.17) is 35.8 Å². The van der Waals surface area contributed by atoms with E-state index in [1.807, 2.05) is 42.0 Å². The molecule has 334 valence electrons. The number of methoxy groups -OCH3 is 2. The van der Waals surface area contributed by atoms with Crippen LogP contribution in [-0.2, 0) is 23.8 Å². The summed E-state index contributed by atoms with van der Waals surface area (Å²) < 4.78 is 15.3. The zero-order valence-electron chi connectivity index (χ0n) is 36.5. The molecule has 0 bridgehead atoms. The van der Waals surface area contributed by atoms with Gasteiger partial charge in [-0.25, -0.2) is 14.6 Å². The number of ether oxygens (including phenoxy) is 3. The Bertz CT molecular complexity index is 2570. The Morgan fingerprint density at radius 2 is 1.36 bits per heavy atom. The summed E-state index contributed by atoms with van der Waals surface area (Å²) >= 11 is 6.80. The number of aromatic amines is 1. The molecule has 4 aromatic rings. The lowest BCUT2D eigenvalue weighted by Gasteiger charge is -2.36. The summed E-state index contributed by atoms with van der Waals surface area (Å²) in [5, 5.41) is 8.26.